The Bertz CT molecular complexity index is 478. The Morgan fingerprint density at radius 2 is 1.88 bits per heavy atom. The van der Waals surface area contributed by atoms with Gasteiger partial charge in [0.05, 0.1) is 0 Å². The highest BCUT2D eigenvalue weighted by Gasteiger charge is 2.16. The molecule has 0 amide bonds. The second kappa shape index (κ2) is 4.26. The molecule has 0 spiro atoms. The summed E-state index contributed by atoms with van der Waals surface area (Å²) in [6.07, 6.45) is 2.62. The minimum absolute atomic E-state index is 0.694. The van der Waals surface area contributed by atoms with Gasteiger partial charge in [0.25, 0.3) is 0 Å². The predicted molar refractivity (Wildman–Crippen MR) is 68.8 cm³/mol. The average Bonchev–Trinajstić information content (AvgIpc) is 2.39. The summed E-state index contributed by atoms with van der Waals surface area (Å²) < 4.78 is 0. The van der Waals surface area contributed by atoms with E-state index in [0.29, 0.717) is 5.92 Å². The molecular formula is C15H17N. The standard InChI is InChI=1S/C15H17N/c1-2-8-14-12(5-1)6-3-9-15(14)13-7-4-10-16-11-13/h1-3,5-6,8-9,13,16H,4,7,10-11H2. The molecular weight excluding hydrogens is 194 g/mol. The molecule has 1 nitrogen and oxygen atoms in total. The highest BCUT2D eigenvalue weighted by Crippen LogP contribution is 2.29. The molecule has 0 radical (unpaired) electrons. The molecule has 1 saturated heterocycles. The molecule has 0 saturated carbocycles. The van der Waals surface area contributed by atoms with Crippen LogP contribution in [-0.2, 0) is 0 Å². The van der Waals surface area contributed by atoms with Crippen LogP contribution in [0.4, 0.5) is 0 Å². The molecule has 2 aromatic carbocycles. The summed E-state index contributed by atoms with van der Waals surface area (Å²) in [5.41, 5.74) is 1.52. The van der Waals surface area contributed by atoms with E-state index in [1.165, 1.54) is 35.7 Å². The van der Waals surface area contributed by atoms with Crippen molar-refractivity contribution < 1.29 is 0 Å². The van der Waals surface area contributed by atoms with E-state index in [4.69, 9.17) is 0 Å². The molecule has 82 valence electrons. The Kier molecular flexibility index (Phi) is 2.63. The van der Waals surface area contributed by atoms with Crippen molar-refractivity contribution in [2.45, 2.75) is 18.8 Å². The molecule has 1 aliphatic heterocycles. The number of nitrogens with one attached hydrogen (secondary N) is 1. The molecule has 1 N–H and O–H groups in total. The largest absolute Gasteiger partial charge is 0.316 e. The number of fused-ring (bicyclic) bond motifs is 1. The van der Waals surface area contributed by atoms with Crippen molar-refractivity contribution in [1.29, 1.82) is 0 Å². The maximum absolute atomic E-state index is 3.50. The maximum Gasteiger partial charge on any atom is 0.00203 e. The normalized spacial score (nSPS) is 21.1. The third kappa shape index (κ3) is 1.72. The fourth-order valence-electron chi connectivity index (χ4n) is 2.72. The third-order valence-corrected chi connectivity index (χ3v) is 3.56. The summed E-state index contributed by atoms with van der Waals surface area (Å²) in [6, 6.07) is 15.4. The van der Waals surface area contributed by atoms with Crippen LogP contribution >= 0.6 is 0 Å². The third-order valence-electron chi connectivity index (χ3n) is 3.56. The van der Waals surface area contributed by atoms with Crippen molar-refractivity contribution in [3.8, 4) is 0 Å². The Morgan fingerprint density at radius 3 is 2.75 bits per heavy atom. The molecule has 1 fully saturated rings. The van der Waals surface area contributed by atoms with Gasteiger partial charge in [-0.15, -0.1) is 0 Å². The second-order valence-electron chi connectivity index (χ2n) is 4.61. The first-order valence-electron chi connectivity index (χ1n) is 6.13. The Morgan fingerprint density at radius 1 is 1.00 bits per heavy atom. The zero-order chi connectivity index (χ0) is 10.8. The molecule has 0 aromatic heterocycles. The highest BCUT2D eigenvalue weighted by atomic mass is 14.9. The average molecular weight is 211 g/mol. The monoisotopic (exact) mass is 211 g/mol. The van der Waals surface area contributed by atoms with Crippen molar-refractivity contribution in [2.75, 3.05) is 13.1 Å². The lowest BCUT2D eigenvalue weighted by Crippen LogP contribution is -2.28. The van der Waals surface area contributed by atoms with Gasteiger partial charge < -0.3 is 5.32 Å². The molecule has 1 heteroatoms. The molecule has 3 rings (SSSR count). The van der Waals surface area contributed by atoms with E-state index in [1.807, 2.05) is 0 Å². The summed E-state index contributed by atoms with van der Waals surface area (Å²) in [5, 5.41) is 6.29. The second-order valence-corrected chi connectivity index (χ2v) is 4.61. The van der Waals surface area contributed by atoms with Crippen LogP contribution in [0, 0.1) is 0 Å². The van der Waals surface area contributed by atoms with Crippen LogP contribution in [0.25, 0.3) is 10.8 Å². The molecule has 1 atom stereocenters. The van der Waals surface area contributed by atoms with Crippen LogP contribution in [-0.4, -0.2) is 13.1 Å². The predicted octanol–water partition coefficient (Wildman–Crippen LogP) is 3.31. The maximum atomic E-state index is 3.50. The van der Waals surface area contributed by atoms with Crippen LogP contribution in [0.2, 0.25) is 0 Å². The minimum Gasteiger partial charge on any atom is -0.316 e. The minimum atomic E-state index is 0.694. The van der Waals surface area contributed by atoms with E-state index in [2.05, 4.69) is 47.8 Å². The number of hydrogen-bond acceptors (Lipinski definition) is 1. The fraction of sp³-hybridized carbons (Fsp3) is 0.333. The Balaban J connectivity index is 2.08. The first kappa shape index (κ1) is 9.86. The van der Waals surface area contributed by atoms with Gasteiger partial charge in [-0.25, -0.2) is 0 Å². The molecule has 0 bridgehead atoms. The summed E-state index contributed by atoms with van der Waals surface area (Å²) in [7, 11) is 0. The van der Waals surface area contributed by atoms with Crippen LogP contribution in [0.15, 0.2) is 42.5 Å². The fourth-order valence-corrected chi connectivity index (χ4v) is 2.72. The van der Waals surface area contributed by atoms with Crippen molar-refractivity contribution in [3.05, 3.63) is 48.0 Å². The molecule has 2 aromatic rings. The van der Waals surface area contributed by atoms with E-state index >= 15 is 0 Å². The lowest BCUT2D eigenvalue weighted by Gasteiger charge is -2.24. The van der Waals surface area contributed by atoms with Gasteiger partial charge in [-0.1, -0.05) is 42.5 Å². The first-order valence-corrected chi connectivity index (χ1v) is 6.13. The lowest BCUT2D eigenvalue weighted by atomic mass is 9.88. The van der Waals surface area contributed by atoms with Crippen molar-refractivity contribution in [2.24, 2.45) is 0 Å². The van der Waals surface area contributed by atoms with Crippen molar-refractivity contribution >= 4 is 10.8 Å². The summed E-state index contributed by atoms with van der Waals surface area (Å²) >= 11 is 0. The number of piperidine rings is 1. The molecule has 1 aliphatic rings. The van der Waals surface area contributed by atoms with Gasteiger partial charge in [0.1, 0.15) is 0 Å². The van der Waals surface area contributed by atoms with E-state index in [0.717, 1.165) is 6.54 Å². The Hall–Kier alpha value is -1.34. The van der Waals surface area contributed by atoms with Gasteiger partial charge in [-0.2, -0.15) is 0 Å². The van der Waals surface area contributed by atoms with E-state index in [1.54, 1.807) is 0 Å². The zero-order valence-electron chi connectivity index (χ0n) is 9.45. The van der Waals surface area contributed by atoms with E-state index in [9.17, 15) is 0 Å². The van der Waals surface area contributed by atoms with E-state index < -0.39 is 0 Å². The summed E-state index contributed by atoms with van der Waals surface area (Å²) in [6.45, 7) is 2.31. The zero-order valence-corrected chi connectivity index (χ0v) is 9.45. The number of hydrogen-bond donors (Lipinski definition) is 1. The van der Waals surface area contributed by atoms with Gasteiger partial charge in [-0.05, 0) is 41.6 Å². The van der Waals surface area contributed by atoms with E-state index in [-0.39, 0.29) is 0 Å². The van der Waals surface area contributed by atoms with Crippen LogP contribution in [0.1, 0.15) is 24.3 Å². The summed E-state index contributed by atoms with van der Waals surface area (Å²) in [4.78, 5) is 0. The summed E-state index contributed by atoms with van der Waals surface area (Å²) in [5.74, 6) is 0.694. The van der Waals surface area contributed by atoms with Crippen LogP contribution in [0.3, 0.4) is 0 Å². The van der Waals surface area contributed by atoms with Gasteiger partial charge in [0.15, 0.2) is 0 Å². The molecule has 16 heavy (non-hydrogen) atoms. The van der Waals surface area contributed by atoms with Gasteiger partial charge in [-0.3, -0.25) is 0 Å². The number of benzene rings is 2. The molecule has 1 unspecified atom stereocenters. The molecule has 1 heterocycles. The van der Waals surface area contributed by atoms with Crippen LogP contribution in [0.5, 0.6) is 0 Å². The van der Waals surface area contributed by atoms with Gasteiger partial charge >= 0.3 is 0 Å². The van der Waals surface area contributed by atoms with Crippen molar-refractivity contribution in [3.63, 3.8) is 0 Å². The quantitative estimate of drug-likeness (QED) is 0.763. The lowest BCUT2D eigenvalue weighted by molar-refractivity contribution is 0.463. The number of rotatable bonds is 1. The first-order chi connectivity index (χ1) is 7.95. The molecule has 0 aliphatic carbocycles. The topological polar surface area (TPSA) is 12.0 Å². The van der Waals surface area contributed by atoms with Gasteiger partial charge in [0.2, 0.25) is 0 Å². The van der Waals surface area contributed by atoms with Crippen LogP contribution < -0.4 is 5.32 Å². The smallest absolute Gasteiger partial charge is 0.00203 e. The Labute approximate surface area is 96.5 Å². The van der Waals surface area contributed by atoms with Crippen molar-refractivity contribution in [1.82, 2.24) is 5.32 Å². The highest BCUT2D eigenvalue weighted by molar-refractivity contribution is 5.86. The van der Waals surface area contributed by atoms with Gasteiger partial charge in [0, 0.05) is 6.54 Å². The SMILES string of the molecule is c1ccc2c(C3CCCNC3)cccc2c1.